The van der Waals surface area contributed by atoms with Crippen molar-refractivity contribution >= 4 is 0 Å². The van der Waals surface area contributed by atoms with Crippen LogP contribution in [0.15, 0.2) is 42.7 Å². The molecule has 20 heavy (non-hydrogen) atoms. The lowest BCUT2D eigenvalue weighted by molar-refractivity contribution is 0.330. The standard InChI is InChI=1S/C16H16FN3/c1-20(9-6-13-4-7-19-8-5-13)12-14-2-3-16(17)10-15(14)11-18/h2-5,7-8,10H,6,9,12H2,1H3. The Balaban J connectivity index is 1.95. The third-order valence-corrected chi connectivity index (χ3v) is 3.16. The maximum absolute atomic E-state index is 13.1. The predicted octanol–water partition coefficient (Wildman–Crippen LogP) is 2.77. The highest BCUT2D eigenvalue weighted by Gasteiger charge is 2.07. The monoisotopic (exact) mass is 269 g/mol. The van der Waals surface area contributed by atoms with Crippen LogP contribution in [-0.2, 0) is 13.0 Å². The second-order valence-electron chi connectivity index (χ2n) is 4.76. The van der Waals surface area contributed by atoms with Crippen molar-refractivity contribution in [3.63, 3.8) is 0 Å². The van der Waals surface area contributed by atoms with Crippen molar-refractivity contribution in [3.05, 3.63) is 65.2 Å². The number of benzene rings is 1. The highest BCUT2D eigenvalue weighted by molar-refractivity contribution is 5.37. The van der Waals surface area contributed by atoms with Gasteiger partial charge in [-0.05, 0) is 48.9 Å². The summed E-state index contributed by atoms with van der Waals surface area (Å²) in [4.78, 5) is 6.11. The maximum atomic E-state index is 13.1. The highest BCUT2D eigenvalue weighted by Crippen LogP contribution is 2.12. The molecule has 0 saturated carbocycles. The van der Waals surface area contributed by atoms with Crippen LogP contribution in [0.4, 0.5) is 4.39 Å². The van der Waals surface area contributed by atoms with E-state index in [4.69, 9.17) is 5.26 Å². The van der Waals surface area contributed by atoms with Crippen molar-refractivity contribution in [1.82, 2.24) is 9.88 Å². The molecule has 1 aromatic carbocycles. The van der Waals surface area contributed by atoms with Gasteiger partial charge in [0, 0.05) is 25.5 Å². The minimum Gasteiger partial charge on any atom is -0.302 e. The van der Waals surface area contributed by atoms with Crippen LogP contribution in [0, 0.1) is 17.1 Å². The van der Waals surface area contributed by atoms with Gasteiger partial charge in [-0.3, -0.25) is 4.98 Å². The Kier molecular flexibility index (Phi) is 4.80. The molecule has 0 unspecified atom stereocenters. The lowest BCUT2D eigenvalue weighted by Crippen LogP contribution is -2.21. The predicted molar refractivity (Wildman–Crippen MR) is 75.4 cm³/mol. The number of rotatable bonds is 5. The molecule has 102 valence electrons. The van der Waals surface area contributed by atoms with E-state index in [2.05, 4.69) is 9.88 Å². The average molecular weight is 269 g/mol. The van der Waals surface area contributed by atoms with E-state index in [9.17, 15) is 4.39 Å². The zero-order valence-electron chi connectivity index (χ0n) is 11.4. The van der Waals surface area contributed by atoms with Gasteiger partial charge in [0.2, 0.25) is 0 Å². The van der Waals surface area contributed by atoms with Crippen molar-refractivity contribution in [3.8, 4) is 6.07 Å². The van der Waals surface area contributed by atoms with Crippen molar-refractivity contribution in [2.45, 2.75) is 13.0 Å². The zero-order chi connectivity index (χ0) is 14.4. The number of halogens is 1. The maximum Gasteiger partial charge on any atom is 0.124 e. The summed E-state index contributed by atoms with van der Waals surface area (Å²) in [6, 6.07) is 10.4. The van der Waals surface area contributed by atoms with Gasteiger partial charge in [-0.15, -0.1) is 0 Å². The van der Waals surface area contributed by atoms with Crippen molar-refractivity contribution in [2.75, 3.05) is 13.6 Å². The largest absolute Gasteiger partial charge is 0.302 e. The molecule has 2 aromatic rings. The molecule has 1 heterocycles. The summed E-state index contributed by atoms with van der Waals surface area (Å²) >= 11 is 0. The minimum atomic E-state index is -0.371. The SMILES string of the molecule is CN(CCc1ccncc1)Cc1ccc(F)cc1C#N. The molecule has 2 rings (SSSR count). The van der Waals surface area contributed by atoms with Gasteiger partial charge in [-0.1, -0.05) is 6.07 Å². The molecule has 0 saturated heterocycles. The molecule has 1 aromatic heterocycles. The fourth-order valence-electron chi connectivity index (χ4n) is 2.03. The van der Waals surface area contributed by atoms with E-state index in [1.165, 1.54) is 17.7 Å². The molecule has 0 aliphatic heterocycles. The van der Waals surface area contributed by atoms with Crippen molar-refractivity contribution < 1.29 is 4.39 Å². The van der Waals surface area contributed by atoms with Gasteiger partial charge in [-0.2, -0.15) is 5.26 Å². The summed E-state index contributed by atoms with van der Waals surface area (Å²) in [5.41, 5.74) is 2.48. The third-order valence-electron chi connectivity index (χ3n) is 3.16. The Morgan fingerprint density at radius 3 is 2.70 bits per heavy atom. The van der Waals surface area contributed by atoms with Gasteiger partial charge < -0.3 is 4.90 Å². The molecule has 0 radical (unpaired) electrons. The second kappa shape index (κ2) is 6.78. The van der Waals surface area contributed by atoms with E-state index in [0.717, 1.165) is 18.5 Å². The fraction of sp³-hybridized carbons (Fsp3) is 0.250. The van der Waals surface area contributed by atoms with Crippen molar-refractivity contribution in [2.24, 2.45) is 0 Å². The average Bonchev–Trinajstić information content (AvgIpc) is 2.48. The van der Waals surface area contributed by atoms with Gasteiger partial charge in [0.05, 0.1) is 11.6 Å². The van der Waals surface area contributed by atoms with Gasteiger partial charge >= 0.3 is 0 Å². The van der Waals surface area contributed by atoms with Crippen molar-refractivity contribution in [1.29, 1.82) is 5.26 Å². The van der Waals surface area contributed by atoms with Gasteiger partial charge in [0.15, 0.2) is 0 Å². The Morgan fingerprint density at radius 1 is 1.25 bits per heavy atom. The first kappa shape index (κ1) is 14.2. The van der Waals surface area contributed by atoms with Gasteiger partial charge in [-0.25, -0.2) is 4.39 Å². The molecule has 4 heteroatoms. The van der Waals surface area contributed by atoms with Gasteiger partial charge in [0.1, 0.15) is 5.82 Å². The molecule has 0 amide bonds. The summed E-state index contributed by atoms with van der Waals surface area (Å²) in [6.07, 6.45) is 4.48. The molecule has 0 N–H and O–H groups in total. The zero-order valence-corrected chi connectivity index (χ0v) is 11.4. The number of hydrogen-bond acceptors (Lipinski definition) is 3. The first-order valence-electron chi connectivity index (χ1n) is 6.45. The minimum absolute atomic E-state index is 0.371. The highest BCUT2D eigenvalue weighted by atomic mass is 19.1. The number of likely N-dealkylation sites (N-methyl/N-ethyl adjacent to an activating group) is 1. The van der Waals surface area contributed by atoms with Crippen LogP contribution in [0.3, 0.4) is 0 Å². The second-order valence-corrected chi connectivity index (χ2v) is 4.76. The van der Waals surface area contributed by atoms with E-state index < -0.39 is 0 Å². The van der Waals surface area contributed by atoms with Crippen LogP contribution in [0.25, 0.3) is 0 Å². The molecule has 0 aliphatic rings. The number of nitrogens with zero attached hydrogens (tertiary/aromatic N) is 3. The van der Waals surface area contributed by atoms with E-state index >= 15 is 0 Å². The molecular weight excluding hydrogens is 253 g/mol. The molecule has 0 fully saturated rings. The number of nitriles is 1. The van der Waals surface area contributed by atoms with Crippen LogP contribution >= 0.6 is 0 Å². The van der Waals surface area contributed by atoms with Crippen LogP contribution in [0.2, 0.25) is 0 Å². The van der Waals surface area contributed by atoms with Crippen LogP contribution in [-0.4, -0.2) is 23.5 Å². The third kappa shape index (κ3) is 3.87. The van der Waals surface area contributed by atoms with E-state index in [0.29, 0.717) is 12.1 Å². The Labute approximate surface area is 118 Å². The van der Waals surface area contributed by atoms with Gasteiger partial charge in [0.25, 0.3) is 0 Å². The molecule has 0 spiro atoms. The first-order chi connectivity index (χ1) is 9.69. The summed E-state index contributed by atoms with van der Waals surface area (Å²) in [5.74, 6) is -0.371. The Morgan fingerprint density at radius 2 is 2.00 bits per heavy atom. The Hall–Kier alpha value is -2.25. The molecule has 0 bridgehead atoms. The molecule has 0 aliphatic carbocycles. The number of pyridine rings is 1. The summed E-state index contributed by atoms with van der Waals surface area (Å²) in [7, 11) is 1.99. The number of hydrogen-bond donors (Lipinski definition) is 0. The van der Waals surface area contributed by atoms with E-state index in [1.54, 1.807) is 18.5 Å². The summed E-state index contributed by atoms with van der Waals surface area (Å²) in [6.45, 7) is 1.50. The summed E-state index contributed by atoms with van der Waals surface area (Å²) in [5, 5.41) is 9.02. The Bertz CT molecular complexity index is 605. The van der Waals surface area contributed by atoms with Crippen LogP contribution in [0.5, 0.6) is 0 Å². The fourth-order valence-corrected chi connectivity index (χ4v) is 2.03. The van der Waals surface area contributed by atoms with Crippen LogP contribution in [0.1, 0.15) is 16.7 Å². The molecular formula is C16H16FN3. The summed E-state index contributed by atoms with van der Waals surface area (Å²) < 4.78 is 13.1. The lowest BCUT2D eigenvalue weighted by atomic mass is 10.1. The smallest absolute Gasteiger partial charge is 0.124 e. The lowest BCUT2D eigenvalue weighted by Gasteiger charge is -2.17. The van der Waals surface area contributed by atoms with E-state index in [1.807, 2.05) is 25.2 Å². The normalized spacial score (nSPS) is 10.5. The molecule has 0 atom stereocenters. The first-order valence-corrected chi connectivity index (χ1v) is 6.45. The molecule has 3 nitrogen and oxygen atoms in total. The van der Waals surface area contributed by atoms with Crippen LogP contribution < -0.4 is 0 Å². The van der Waals surface area contributed by atoms with E-state index in [-0.39, 0.29) is 5.82 Å². The quantitative estimate of drug-likeness (QED) is 0.838. The number of aromatic nitrogens is 1. The topological polar surface area (TPSA) is 39.9 Å².